The van der Waals surface area contributed by atoms with Crippen LogP contribution < -0.4 is 4.74 Å². The Hall–Kier alpha value is -1.55. The molecule has 4 nitrogen and oxygen atoms in total. The summed E-state index contributed by atoms with van der Waals surface area (Å²) in [6.07, 6.45) is 1.29. The fraction of sp³-hybridized carbons (Fsp3) is 0.500. The van der Waals surface area contributed by atoms with E-state index in [1.54, 1.807) is 0 Å². The monoisotopic (exact) mass is 251 g/mol. The van der Waals surface area contributed by atoms with Gasteiger partial charge in [0.15, 0.2) is 0 Å². The molecule has 0 saturated carbocycles. The zero-order chi connectivity index (χ0) is 13.2. The Labute approximate surface area is 108 Å². The van der Waals surface area contributed by atoms with Crippen LogP contribution in [-0.2, 0) is 9.53 Å². The number of methoxy groups -OCH3 is 1. The van der Waals surface area contributed by atoms with Crippen molar-refractivity contribution in [1.82, 2.24) is 4.90 Å². The van der Waals surface area contributed by atoms with E-state index < -0.39 is 0 Å². The van der Waals surface area contributed by atoms with Gasteiger partial charge in [0.2, 0.25) is 0 Å². The topological polar surface area (TPSA) is 38.8 Å². The Morgan fingerprint density at radius 3 is 2.61 bits per heavy atom. The normalized spacial score (nSPS) is 10.4. The zero-order valence-corrected chi connectivity index (χ0v) is 11.1. The lowest BCUT2D eigenvalue weighted by Crippen LogP contribution is -2.25. The Morgan fingerprint density at radius 2 is 1.94 bits per heavy atom. The summed E-state index contributed by atoms with van der Waals surface area (Å²) in [6, 6.07) is 9.76. The maximum absolute atomic E-state index is 10.9. The summed E-state index contributed by atoms with van der Waals surface area (Å²) < 4.78 is 10.2. The molecule has 0 heterocycles. The molecule has 1 rings (SSSR count). The second kappa shape index (κ2) is 8.53. The predicted octanol–water partition coefficient (Wildman–Crippen LogP) is 1.95. The van der Waals surface area contributed by atoms with Gasteiger partial charge in [-0.2, -0.15) is 0 Å². The zero-order valence-electron chi connectivity index (χ0n) is 11.1. The van der Waals surface area contributed by atoms with Crippen molar-refractivity contribution in [2.75, 3.05) is 33.9 Å². The number of nitrogens with zero attached hydrogens (tertiary/aromatic N) is 1. The van der Waals surface area contributed by atoms with Gasteiger partial charge in [-0.1, -0.05) is 18.2 Å². The first-order valence-electron chi connectivity index (χ1n) is 6.15. The number of para-hydroxylation sites is 1. The summed E-state index contributed by atoms with van der Waals surface area (Å²) in [6.45, 7) is 2.36. The standard InChI is InChI=1S/C14H21NO3/c1-15(10-6-9-14(16)17-2)11-12-18-13-7-4-3-5-8-13/h3-5,7-8H,6,9-12H2,1-2H3. The summed E-state index contributed by atoms with van der Waals surface area (Å²) in [5.41, 5.74) is 0. The van der Waals surface area contributed by atoms with Crippen molar-refractivity contribution >= 4 is 5.97 Å². The molecule has 0 aliphatic rings. The maximum atomic E-state index is 10.9. The van der Waals surface area contributed by atoms with Gasteiger partial charge in [0.25, 0.3) is 0 Å². The number of ether oxygens (including phenoxy) is 2. The van der Waals surface area contributed by atoms with Crippen molar-refractivity contribution < 1.29 is 14.3 Å². The van der Waals surface area contributed by atoms with Crippen molar-refractivity contribution in [2.45, 2.75) is 12.8 Å². The van der Waals surface area contributed by atoms with Crippen LogP contribution >= 0.6 is 0 Å². The molecule has 0 aliphatic heterocycles. The fourth-order valence-electron chi connectivity index (χ4n) is 1.54. The Morgan fingerprint density at radius 1 is 1.22 bits per heavy atom. The molecule has 0 saturated heterocycles. The van der Waals surface area contributed by atoms with E-state index in [4.69, 9.17) is 4.74 Å². The molecule has 0 fully saturated rings. The van der Waals surface area contributed by atoms with Gasteiger partial charge in [0.1, 0.15) is 12.4 Å². The van der Waals surface area contributed by atoms with Crippen LogP contribution in [0.1, 0.15) is 12.8 Å². The van der Waals surface area contributed by atoms with Crippen LogP contribution in [0.2, 0.25) is 0 Å². The number of benzene rings is 1. The minimum absolute atomic E-state index is 0.149. The second-order valence-electron chi connectivity index (χ2n) is 4.14. The Bertz CT molecular complexity index is 340. The van der Waals surface area contributed by atoms with Gasteiger partial charge in [-0.15, -0.1) is 0 Å². The lowest BCUT2D eigenvalue weighted by Gasteiger charge is -2.16. The van der Waals surface area contributed by atoms with Crippen molar-refractivity contribution in [2.24, 2.45) is 0 Å². The summed E-state index contributed by atoms with van der Waals surface area (Å²) >= 11 is 0. The minimum Gasteiger partial charge on any atom is -0.492 e. The number of hydrogen-bond donors (Lipinski definition) is 0. The molecule has 0 aliphatic carbocycles. The highest BCUT2D eigenvalue weighted by molar-refractivity contribution is 5.69. The third-order valence-corrected chi connectivity index (χ3v) is 2.63. The van der Waals surface area contributed by atoms with E-state index in [0.29, 0.717) is 13.0 Å². The smallest absolute Gasteiger partial charge is 0.305 e. The lowest BCUT2D eigenvalue weighted by molar-refractivity contribution is -0.140. The molecule has 0 spiro atoms. The number of esters is 1. The van der Waals surface area contributed by atoms with E-state index in [1.165, 1.54) is 7.11 Å². The molecule has 0 radical (unpaired) electrons. The summed E-state index contributed by atoms with van der Waals surface area (Å²) in [4.78, 5) is 13.1. The van der Waals surface area contributed by atoms with Crippen molar-refractivity contribution in [3.63, 3.8) is 0 Å². The van der Waals surface area contributed by atoms with Gasteiger partial charge >= 0.3 is 5.97 Å². The number of carbonyl (C=O) groups is 1. The van der Waals surface area contributed by atoms with E-state index in [-0.39, 0.29) is 5.97 Å². The molecule has 4 heteroatoms. The van der Waals surface area contributed by atoms with Crippen LogP contribution in [0.4, 0.5) is 0 Å². The molecule has 0 amide bonds. The fourth-order valence-corrected chi connectivity index (χ4v) is 1.54. The van der Waals surface area contributed by atoms with Gasteiger partial charge in [-0.3, -0.25) is 4.79 Å². The van der Waals surface area contributed by atoms with E-state index in [2.05, 4.69) is 9.64 Å². The first-order chi connectivity index (χ1) is 8.72. The quantitative estimate of drug-likeness (QED) is 0.662. The molecule has 1 aromatic rings. The van der Waals surface area contributed by atoms with E-state index >= 15 is 0 Å². The number of hydrogen-bond acceptors (Lipinski definition) is 4. The highest BCUT2D eigenvalue weighted by atomic mass is 16.5. The number of rotatable bonds is 8. The molecule has 0 aromatic heterocycles. The van der Waals surface area contributed by atoms with Crippen molar-refractivity contribution in [1.29, 1.82) is 0 Å². The molecule has 0 unspecified atom stereocenters. The molecular weight excluding hydrogens is 230 g/mol. The maximum Gasteiger partial charge on any atom is 0.305 e. The van der Waals surface area contributed by atoms with Crippen LogP contribution in [0.25, 0.3) is 0 Å². The second-order valence-corrected chi connectivity index (χ2v) is 4.14. The lowest BCUT2D eigenvalue weighted by atomic mass is 10.3. The first-order valence-corrected chi connectivity index (χ1v) is 6.15. The first kappa shape index (κ1) is 14.5. The summed E-state index contributed by atoms with van der Waals surface area (Å²) in [7, 11) is 3.44. The molecule has 1 aromatic carbocycles. The minimum atomic E-state index is -0.149. The average Bonchev–Trinajstić information content (AvgIpc) is 2.39. The van der Waals surface area contributed by atoms with E-state index in [0.717, 1.165) is 25.3 Å². The molecule has 18 heavy (non-hydrogen) atoms. The van der Waals surface area contributed by atoms with Crippen LogP contribution in [0.3, 0.4) is 0 Å². The third-order valence-electron chi connectivity index (χ3n) is 2.63. The van der Waals surface area contributed by atoms with Gasteiger partial charge in [0, 0.05) is 13.0 Å². The van der Waals surface area contributed by atoms with Crippen LogP contribution in [-0.4, -0.2) is 44.7 Å². The van der Waals surface area contributed by atoms with Crippen molar-refractivity contribution in [3.05, 3.63) is 30.3 Å². The van der Waals surface area contributed by atoms with Gasteiger partial charge in [0.05, 0.1) is 7.11 Å². The van der Waals surface area contributed by atoms with Crippen LogP contribution in [0, 0.1) is 0 Å². The van der Waals surface area contributed by atoms with Gasteiger partial charge in [-0.25, -0.2) is 0 Å². The highest BCUT2D eigenvalue weighted by Crippen LogP contribution is 2.07. The Kier molecular flexibility index (Phi) is 6.87. The Balaban J connectivity index is 2.06. The van der Waals surface area contributed by atoms with Gasteiger partial charge < -0.3 is 14.4 Å². The van der Waals surface area contributed by atoms with E-state index in [9.17, 15) is 4.79 Å². The third kappa shape index (κ3) is 6.25. The molecule has 0 N–H and O–H groups in total. The summed E-state index contributed by atoms with van der Waals surface area (Å²) in [5.74, 6) is 0.740. The van der Waals surface area contributed by atoms with E-state index in [1.807, 2.05) is 37.4 Å². The summed E-state index contributed by atoms with van der Waals surface area (Å²) in [5, 5.41) is 0. The molecule has 100 valence electrons. The molecule has 0 bridgehead atoms. The van der Waals surface area contributed by atoms with Crippen LogP contribution in [0.15, 0.2) is 30.3 Å². The van der Waals surface area contributed by atoms with Gasteiger partial charge in [-0.05, 0) is 32.1 Å². The van der Waals surface area contributed by atoms with Crippen molar-refractivity contribution in [3.8, 4) is 5.75 Å². The average molecular weight is 251 g/mol. The SMILES string of the molecule is COC(=O)CCCN(C)CCOc1ccccc1. The largest absolute Gasteiger partial charge is 0.492 e. The predicted molar refractivity (Wildman–Crippen MR) is 70.7 cm³/mol. The molecule has 0 atom stereocenters. The highest BCUT2D eigenvalue weighted by Gasteiger charge is 2.03. The van der Waals surface area contributed by atoms with Crippen LogP contribution in [0.5, 0.6) is 5.75 Å². The number of carbonyl (C=O) groups excluding carboxylic acids is 1. The number of likely N-dealkylation sites (N-methyl/N-ethyl adjacent to an activating group) is 1. The molecular formula is C14H21NO3.